The molecule has 0 aromatic heterocycles. The Morgan fingerprint density at radius 1 is 1.00 bits per heavy atom. The van der Waals surface area contributed by atoms with Gasteiger partial charge in [-0.1, -0.05) is 29.8 Å². The van der Waals surface area contributed by atoms with E-state index in [1.807, 2.05) is 24.3 Å². The number of rotatable bonds is 8. The van der Waals surface area contributed by atoms with Gasteiger partial charge in [0.1, 0.15) is 0 Å². The van der Waals surface area contributed by atoms with E-state index in [0.29, 0.717) is 17.0 Å². The van der Waals surface area contributed by atoms with Gasteiger partial charge < -0.3 is 4.74 Å². The number of esters is 1. The summed E-state index contributed by atoms with van der Waals surface area (Å²) < 4.78 is 4.88. The molecule has 7 heteroatoms. The zero-order valence-corrected chi connectivity index (χ0v) is 15.5. The highest BCUT2D eigenvalue weighted by molar-refractivity contribution is 7.99. The molecule has 136 valence electrons. The van der Waals surface area contributed by atoms with Crippen molar-refractivity contribution in [2.75, 3.05) is 12.4 Å². The third-order valence-electron chi connectivity index (χ3n) is 3.26. The van der Waals surface area contributed by atoms with Crippen LogP contribution in [0.2, 0.25) is 5.02 Å². The van der Waals surface area contributed by atoms with Gasteiger partial charge in [0.2, 0.25) is 0 Å². The van der Waals surface area contributed by atoms with Gasteiger partial charge in [0.05, 0.1) is 0 Å². The van der Waals surface area contributed by atoms with Crippen LogP contribution < -0.4 is 5.32 Å². The molecule has 2 rings (SSSR count). The van der Waals surface area contributed by atoms with E-state index in [9.17, 15) is 14.4 Å². The van der Waals surface area contributed by atoms with Crippen LogP contribution in [0.1, 0.15) is 23.2 Å². The Bertz CT molecular complexity index is 750. The van der Waals surface area contributed by atoms with Gasteiger partial charge in [-0.05, 0) is 48.6 Å². The summed E-state index contributed by atoms with van der Waals surface area (Å²) in [7, 11) is 0. The molecule has 0 aliphatic heterocycles. The SMILES string of the molecule is O=C(COC(=O)CCCSc1ccc(Cl)cc1)NC(=O)c1ccccc1. The monoisotopic (exact) mass is 391 g/mol. The molecule has 0 saturated carbocycles. The molecule has 2 aromatic carbocycles. The molecule has 0 radical (unpaired) electrons. The highest BCUT2D eigenvalue weighted by Crippen LogP contribution is 2.21. The Kier molecular flexibility index (Phi) is 8.18. The maximum Gasteiger partial charge on any atom is 0.306 e. The zero-order chi connectivity index (χ0) is 18.8. The minimum Gasteiger partial charge on any atom is -0.456 e. The van der Waals surface area contributed by atoms with Crippen LogP contribution in [-0.2, 0) is 14.3 Å². The predicted molar refractivity (Wildman–Crippen MR) is 101 cm³/mol. The average Bonchev–Trinajstić information content (AvgIpc) is 2.65. The lowest BCUT2D eigenvalue weighted by atomic mass is 10.2. The summed E-state index contributed by atoms with van der Waals surface area (Å²) in [6.45, 7) is -0.471. The third kappa shape index (κ3) is 7.29. The first-order valence-electron chi connectivity index (χ1n) is 7.98. The largest absolute Gasteiger partial charge is 0.456 e. The molecule has 0 saturated heterocycles. The number of nitrogens with one attached hydrogen (secondary N) is 1. The van der Waals surface area contributed by atoms with Crippen molar-refractivity contribution in [3.8, 4) is 0 Å². The van der Waals surface area contributed by atoms with Crippen LogP contribution in [0.3, 0.4) is 0 Å². The number of thioether (sulfide) groups is 1. The van der Waals surface area contributed by atoms with Crippen molar-refractivity contribution in [2.24, 2.45) is 0 Å². The van der Waals surface area contributed by atoms with Crippen LogP contribution in [0, 0.1) is 0 Å². The number of benzene rings is 2. The Hall–Kier alpha value is -2.31. The predicted octanol–water partition coefficient (Wildman–Crippen LogP) is 3.71. The van der Waals surface area contributed by atoms with Crippen molar-refractivity contribution >= 4 is 41.1 Å². The fraction of sp³-hybridized carbons (Fsp3) is 0.211. The smallest absolute Gasteiger partial charge is 0.306 e. The normalized spacial score (nSPS) is 10.2. The zero-order valence-electron chi connectivity index (χ0n) is 13.9. The molecular weight excluding hydrogens is 374 g/mol. The Morgan fingerprint density at radius 2 is 1.69 bits per heavy atom. The summed E-state index contributed by atoms with van der Waals surface area (Å²) in [5.41, 5.74) is 0.367. The van der Waals surface area contributed by atoms with Gasteiger partial charge >= 0.3 is 5.97 Å². The van der Waals surface area contributed by atoms with E-state index in [0.717, 1.165) is 10.6 Å². The van der Waals surface area contributed by atoms with Gasteiger partial charge in [-0.2, -0.15) is 0 Å². The highest BCUT2D eigenvalue weighted by Gasteiger charge is 2.12. The van der Waals surface area contributed by atoms with Crippen LogP contribution in [0.25, 0.3) is 0 Å². The number of hydrogen-bond donors (Lipinski definition) is 1. The van der Waals surface area contributed by atoms with Crippen LogP contribution in [0.4, 0.5) is 0 Å². The molecule has 5 nitrogen and oxygen atoms in total. The lowest BCUT2D eigenvalue weighted by Crippen LogP contribution is -2.34. The molecule has 0 aliphatic rings. The first kappa shape index (κ1) is 20.0. The molecule has 0 spiro atoms. The van der Waals surface area contributed by atoms with E-state index in [-0.39, 0.29) is 6.42 Å². The quantitative estimate of drug-likeness (QED) is 0.422. The average molecular weight is 392 g/mol. The molecule has 0 fully saturated rings. The Labute approximate surface area is 161 Å². The molecule has 0 heterocycles. The summed E-state index contributed by atoms with van der Waals surface area (Å²) >= 11 is 7.43. The van der Waals surface area contributed by atoms with Crippen molar-refractivity contribution in [2.45, 2.75) is 17.7 Å². The summed E-state index contributed by atoms with van der Waals surface area (Å²) in [5, 5.41) is 2.86. The summed E-state index contributed by atoms with van der Waals surface area (Å²) in [4.78, 5) is 36.1. The molecular formula is C19H18ClNO4S. The molecule has 26 heavy (non-hydrogen) atoms. The van der Waals surface area contributed by atoms with Crippen molar-refractivity contribution in [3.63, 3.8) is 0 Å². The number of imide groups is 1. The first-order valence-corrected chi connectivity index (χ1v) is 9.34. The van der Waals surface area contributed by atoms with E-state index < -0.39 is 24.4 Å². The van der Waals surface area contributed by atoms with Crippen molar-refractivity contribution in [3.05, 3.63) is 65.2 Å². The maximum absolute atomic E-state index is 11.8. The van der Waals surface area contributed by atoms with E-state index in [2.05, 4.69) is 5.32 Å². The van der Waals surface area contributed by atoms with Crippen LogP contribution in [0.15, 0.2) is 59.5 Å². The number of carbonyl (C=O) groups is 3. The van der Waals surface area contributed by atoms with E-state index in [1.165, 1.54) is 0 Å². The molecule has 2 aromatic rings. The number of ether oxygens (including phenoxy) is 1. The fourth-order valence-electron chi connectivity index (χ4n) is 1.98. The number of halogens is 1. The van der Waals surface area contributed by atoms with E-state index in [4.69, 9.17) is 16.3 Å². The van der Waals surface area contributed by atoms with Crippen molar-refractivity contribution in [1.82, 2.24) is 5.32 Å². The minimum absolute atomic E-state index is 0.209. The van der Waals surface area contributed by atoms with Crippen LogP contribution >= 0.6 is 23.4 Å². The fourth-order valence-corrected chi connectivity index (χ4v) is 2.96. The number of amides is 2. The standard InChI is InChI=1S/C19H18ClNO4S/c20-15-8-10-16(11-9-15)26-12-4-7-18(23)25-13-17(22)21-19(24)14-5-2-1-3-6-14/h1-3,5-6,8-11H,4,7,12-13H2,(H,21,22,24). The second-order valence-electron chi connectivity index (χ2n) is 5.31. The van der Waals surface area contributed by atoms with Gasteiger partial charge in [0, 0.05) is 21.9 Å². The topological polar surface area (TPSA) is 72.5 Å². The molecule has 0 unspecified atom stereocenters. The molecule has 0 aliphatic carbocycles. The van der Waals surface area contributed by atoms with E-state index in [1.54, 1.807) is 42.1 Å². The summed E-state index contributed by atoms with van der Waals surface area (Å²) in [6.07, 6.45) is 0.831. The van der Waals surface area contributed by atoms with Crippen LogP contribution in [0.5, 0.6) is 0 Å². The number of hydrogen-bond acceptors (Lipinski definition) is 5. The molecule has 0 atom stereocenters. The number of carbonyl (C=O) groups excluding carboxylic acids is 3. The highest BCUT2D eigenvalue weighted by atomic mass is 35.5. The lowest BCUT2D eigenvalue weighted by molar-refractivity contribution is -0.148. The third-order valence-corrected chi connectivity index (χ3v) is 4.61. The van der Waals surface area contributed by atoms with Gasteiger partial charge in [-0.15, -0.1) is 11.8 Å². The second-order valence-corrected chi connectivity index (χ2v) is 6.91. The maximum atomic E-state index is 11.8. The van der Waals surface area contributed by atoms with Crippen molar-refractivity contribution in [1.29, 1.82) is 0 Å². The molecule has 1 N–H and O–H groups in total. The van der Waals surface area contributed by atoms with Crippen molar-refractivity contribution < 1.29 is 19.1 Å². The lowest BCUT2D eigenvalue weighted by Gasteiger charge is -2.06. The van der Waals surface area contributed by atoms with Crippen LogP contribution in [-0.4, -0.2) is 30.1 Å². The Morgan fingerprint density at radius 3 is 2.38 bits per heavy atom. The van der Waals surface area contributed by atoms with Gasteiger partial charge in [0.25, 0.3) is 11.8 Å². The minimum atomic E-state index is -0.650. The Balaban J connectivity index is 1.60. The second kappa shape index (κ2) is 10.6. The molecule has 2 amide bonds. The summed E-state index contributed by atoms with van der Waals surface area (Å²) in [5.74, 6) is -0.895. The summed E-state index contributed by atoms with van der Waals surface area (Å²) in [6, 6.07) is 15.8. The first-order chi connectivity index (χ1) is 12.5. The van der Waals surface area contributed by atoms with E-state index >= 15 is 0 Å². The van der Waals surface area contributed by atoms with Gasteiger partial charge in [0.15, 0.2) is 6.61 Å². The van der Waals surface area contributed by atoms with Gasteiger partial charge in [-0.25, -0.2) is 0 Å². The molecule has 0 bridgehead atoms. The van der Waals surface area contributed by atoms with Gasteiger partial charge in [-0.3, -0.25) is 19.7 Å².